The van der Waals surface area contributed by atoms with Gasteiger partial charge in [0.2, 0.25) is 5.91 Å². The lowest BCUT2D eigenvalue weighted by Crippen LogP contribution is -2.32. The van der Waals surface area contributed by atoms with E-state index in [0.29, 0.717) is 5.92 Å². The summed E-state index contributed by atoms with van der Waals surface area (Å²) in [5, 5.41) is 3.39. The quantitative estimate of drug-likeness (QED) is 0.903. The van der Waals surface area contributed by atoms with Crippen molar-refractivity contribution in [2.45, 2.75) is 46.3 Å². The summed E-state index contributed by atoms with van der Waals surface area (Å²) in [4.78, 5) is 14.2. The summed E-state index contributed by atoms with van der Waals surface area (Å²) in [7, 11) is 0. The molecule has 1 aromatic carbocycles. The molecule has 1 aliphatic rings. The van der Waals surface area contributed by atoms with E-state index in [9.17, 15) is 4.79 Å². The van der Waals surface area contributed by atoms with E-state index in [1.807, 2.05) is 11.8 Å². The van der Waals surface area contributed by atoms with Gasteiger partial charge in [0.15, 0.2) is 0 Å². The second-order valence-electron chi connectivity index (χ2n) is 5.92. The Morgan fingerprint density at radius 3 is 2.47 bits per heavy atom. The Hall–Kier alpha value is -1.35. The molecule has 104 valence electrons. The summed E-state index contributed by atoms with van der Waals surface area (Å²) >= 11 is 0. The molecule has 3 heteroatoms. The summed E-state index contributed by atoms with van der Waals surface area (Å²) < 4.78 is 0. The van der Waals surface area contributed by atoms with Crippen molar-refractivity contribution in [3.8, 4) is 0 Å². The van der Waals surface area contributed by atoms with Gasteiger partial charge in [-0.1, -0.05) is 43.7 Å². The van der Waals surface area contributed by atoms with Crippen LogP contribution in [-0.2, 0) is 4.79 Å². The molecule has 1 saturated heterocycles. The molecule has 0 spiro atoms. The lowest BCUT2D eigenvalue weighted by atomic mass is 10.1. The molecule has 1 aromatic rings. The smallest absolute Gasteiger partial charge is 0.241 e. The lowest BCUT2D eigenvalue weighted by molar-refractivity contribution is -0.130. The van der Waals surface area contributed by atoms with Gasteiger partial charge in [-0.2, -0.15) is 0 Å². The number of nitrogens with zero attached hydrogens (tertiary/aromatic N) is 1. The number of nitrogens with one attached hydrogen (secondary N) is 1. The Kier molecular flexibility index (Phi) is 4.25. The Balaban J connectivity index is 2.17. The number of benzene rings is 1. The Labute approximate surface area is 116 Å². The maximum Gasteiger partial charge on any atom is 0.241 e. The molecule has 0 radical (unpaired) electrons. The van der Waals surface area contributed by atoms with Gasteiger partial charge >= 0.3 is 0 Å². The number of rotatable bonds is 4. The molecule has 2 rings (SSSR count). The zero-order chi connectivity index (χ0) is 14.0. The first-order valence-electron chi connectivity index (χ1n) is 7.12. The van der Waals surface area contributed by atoms with Crippen molar-refractivity contribution in [3.05, 3.63) is 35.4 Å². The van der Waals surface area contributed by atoms with Crippen molar-refractivity contribution in [1.29, 1.82) is 0 Å². The molecule has 1 aliphatic heterocycles. The first-order chi connectivity index (χ1) is 8.99. The summed E-state index contributed by atoms with van der Waals surface area (Å²) in [6, 6.07) is 8.34. The number of carbonyl (C=O) groups is 1. The van der Waals surface area contributed by atoms with Gasteiger partial charge < -0.3 is 4.90 Å². The molecule has 1 heterocycles. The highest BCUT2D eigenvalue weighted by Gasteiger charge is 2.36. The van der Waals surface area contributed by atoms with E-state index in [0.717, 1.165) is 13.0 Å². The molecule has 0 bridgehead atoms. The number of hydrogen-bond acceptors (Lipinski definition) is 2. The number of carbonyl (C=O) groups excluding carboxylic acids is 1. The van der Waals surface area contributed by atoms with E-state index in [1.165, 1.54) is 11.1 Å². The minimum Gasteiger partial charge on any atom is -0.322 e. The zero-order valence-electron chi connectivity index (χ0n) is 12.3. The highest BCUT2D eigenvalue weighted by Crippen LogP contribution is 2.26. The van der Waals surface area contributed by atoms with Crippen LogP contribution in [0, 0.1) is 12.8 Å². The van der Waals surface area contributed by atoms with Crippen LogP contribution in [-0.4, -0.2) is 23.4 Å². The van der Waals surface area contributed by atoms with Gasteiger partial charge in [0.05, 0.1) is 6.04 Å². The predicted octanol–water partition coefficient (Wildman–Crippen LogP) is 2.86. The largest absolute Gasteiger partial charge is 0.322 e. The van der Waals surface area contributed by atoms with Crippen molar-refractivity contribution >= 4 is 5.91 Å². The van der Waals surface area contributed by atoms with Crippen LogP contribution in [0.5, 0.6) is 0 Å². The van der Waals surface area contributed by atoms with E-state index < -0.39 is 0 Å². The first kappa shape index (κ1) is 14.1. The van der Waals surface area contributed by atoms with Crippen LogP contribution >= 0.6 is 0 Å². The molecule has 0 saturated carbocycles. The van der Waals surface area contributed by atoms with Crippen LogP contribution in [0.4, 0.5) is 0 Å². The third kappa shape index (κ3) is 3.16. The molecule has 0 aromatic heterocycles. The van der Waals surface area contributed by atoms with Crippen LogP contribution in [0.3, 0.4) is 0 Å². The molecule has 2 atom stereocenters. The standard InChI is InChI=1S/C16H24N2O/c1-11(2)9-10-18-15(17-13(4)16(18)19)14-7-5-12(3)6-8-14/h5-8,11,13,15,17H,9-10H2,1-4H3. The Bertz CT molecular complexity index is 439. The van der Waals surface area contributed by atoms with E-state index in [2.05, 4.69) is 50.4 Å². The van der Waals surface area contributed by atoms with Gasteiger partial charge in [0, 0.05) is 6.54 Å². The van der Waals surface area contributed by atoms with Gasteiger partial charge in [-0.3, -0.25) is 10.1 Å². The third-order valence-corrected chi connectivity index (χ3v) is 3.71. The molecule has 3 nitrogen and oxygen atoms in total. The van der Waals surface area contributed by atoms with Crippen LogP contribution in [0.2, 0.25) is 0 Å². The van der Waals surface area contributed by atoms with E-state index in [1.54, 1.807) is 0 Å². The molecule has 2 unspecified atom stereocenters. The fourth-order valence-electron chi connectivity index (χ4n) is 2.44. The summed E-state index contributed by atoms with van der Waals surface area (Å²) in [5.41, 5.74) is 2.42. The van der Waals surface area contributed by atoms with E-state index in [-0.39, 0.29) is 18.1 Å². The SMILES string of the molecule is Cc1ccc(C2NC(C)C(=O)N2CCC(C)C)cc1. The number of amides is 1. The van der Waals surface area contributed by atoms with Crippen molar-refractivity contribution in [1.82, 2.24) is 10.2 Å². The molecular weight excluding hydrogens is 236 g/mol. The first-order valence-corrected chi connectivity index (χ1v) is 7.12. The fraction of sp³-hybridized carbons (Fsp3) is 0.562. The second-order valence-corrected chi connectivity index (χ2v) is 5.92. The molecule has 1 amide bonds. The van der Waals surface area contributed by atoms with Crippen molar-refractivity contribution in [2.75, 3.05) is 6.54 Å². The predicted molar refractivity (Wildman–Crippen MR) is 77.7 cm³/mol. The average Bonchev–Trinajstić information content (AvgIpc) is 2.64. The molecular formula is C16H24N2O. The Morgan fingerprint density at radius 1 is 1.26 bits per heavy atom. The average molecular weight is 260 g/mol. The third-order valence-electron chi connectivity index (χ3n) is 3.71. The summed E-state index contributed by atoms with van der Waals surface area (Å²) in [5.74, 6) is 0.827. The van der Waals surface area contributed by atoms with Crippen molar-refractivity contribution in [2.24, 2.45) is 5.92 Å². The summed E-state index contributed by atoms with van der Waals surface area (Å²) in [6.07, 6.45) is 1.07. The van der Waals surface area contributed by atoms with Gasteiger partial charge in [-0.05, 0) is 31.7 Å². The minimum atomic E-state index is -0.0848. The van der Waals surface area contributed by atoms with E-state index >= 15 is 0 Å². The molecule has 19 heavy (non-hydrogen) atoms. The van der Waals surface area contributed by atoms with Gasteiger partial charge in [0.25, 0.3) is 0 Å². The zero-order valence-corrected chi connectivity index (χ0v) is 12.3. The van der Waals surface area contributed by atoms with Crippen LogP contribution in [0.15, 0.2) is 24.3 Å². The van der Waals surface area contributed by atoms with Gasteiger partial charge in [0.1, 0.15) is 6.17 Å². The highest BCUT2D eigenvalue weighted by atomic mass is 16.2. The lowest BCUT2D eigenvalue weighted by Gasteiger charge is -2.25. The summed E-state index contributed by atoms with van der Waals surface area (Å²) in [6.45, 7) is 9.23. The number of aryl methyl sites for hydroxylation is 1. The maximum atomic E-state index is 12.2. The van der Waals surface area contributed by atoms with Crippen LogP contribution in [0.1, 0.15) is 44.5 Å². The maximum absolute atomic E-state index is 12.2. The van der Waals surface area contributed by atoms with Crippen molar-refractivity contribution < 1.29 is 4.79 Å². The number of hydrogen-bond donors (Lipinski definition) is 1. The second kappa shape index (κ2) is 5.74. The minimum absolute atomic E-state index is 0.0295. The van der Waals surface area contributed by atoms with Gasteiger partial charge in [-0.15, -0.1) is 0 Å². The fourth-order valence-corrected chi connectivity index (χ4v) is 2.44. The van der Waals surface area contributed by atoms with Gasteiger partial charge in [-0.25, -0.2) is 0 Å². The molecule has 0 aliphatic carbocycles. The topological polar surface area (TPSA) is 32.3 Å². The molecule has 1 N–H and O–H groups in total. The monoisotopic (exact) mass is 260 g/mol. The molecule has 1 fully saturated rings. The van der Waals surface area contributed by atoms with Crippen LogP contribution < -0.4 is 5.32 Å². The van der Waals surface area contributed by atoms with Crippen molar-refractivity contribution in [3.63, 3.8) is 0 Å². The highest BCUT2D eigenvalue weighted by molar-refractivity contribution is 5.84. The van der Waals surface area contributed by atoms with E-state index in [4.69, 9.17) is 0 Å². The van der Waals surface area contributed by atoms with Crippen LogP contribution in [0.25, 0.3) is 0 Å². The Morgan fingerprint density at radius 2 is 1.89 bits per heavy atom. The normalized spacial score (nSPS) is 23.4.